The number of hydrogen-bond donors (Lipinski definition) is 0. The molecule has 0 bridgehead atoms. The Morgan fingerprint density at radius 1 is 1.25 bits per heavy atom. The molecule has 0 aliphatic carbocycles. The molecule has 0 fully saturated rings. The van der Waals surface area contributed by atoms with E-state index in [1.807, 2.05) is 6.08 Å². The minimum absolute atomic E-state index is 0.467. The van der Waals surface area contributed by atoms with Gasteiger partial charge in [0.2, 0.25) is 0 Å². The third kappa shape index (κ3) is 2.77. The van der Waals surface area contributed by atoms with Gasteiger partial charge >= 0.3 is 110 Å². The van der Waals surface area contributed by atoms with Crippen molar-refractivity contribution >= 4 is 10.5 Å². The molecule has 16 heavy (non-hydrogen) atoms. The van der Waals surface area contributed by atoms with Crippen molar-refractivity contribution in [2.45, 2.75) is 39.5 Å². The van der Waals surface area contributed by atoms with E-state index in [9.17, 15) is 0 Å². The van der Waals surface area contributed by atoms with Crippen molar-refractivity contribution in [1.82, 2.24) is 4.98 Å². The van der Waals surface area contributed by atoms with E-state index in [4.69, 9.17) is 0 Å². The molecule has 0 radical (unpaired) electrons. The SMILES string of the molecule is C=Cc1nc(C(C)C)cc(C(C)C)c1[CH]=[W]. The molecule has 0 aromatic carbocycles. The van der Waals surface area contributed by atoms with Gasteiger partial charge in [-0.15, -0.1) is 0 Å². The topological polar surface area (TPSA) is 12.9 Å². The number of pyridine rings is 1. The average Bonchev–Trinajstić information content (AvgIpc) is 2.26. The first-order chi connectivity index (χ1) is 7.51. The van der Waals surface area contributed by atoms with Crippen LogP contribution in [0.25, 0.3) is 6.08 Å². The van der Waals surface area contributed by atoms with E-state index in [-0.39, 0.29) is 0 Å². The maximum atomic E-state index is 4.67. The Morgan fingerprint density at radius 3 is 2.25 bits per heavy atom. The standard InChI is InChI=1S/C14H19N.W/c1-7-13-11(6)12(9(2)3)8-14(15-13)10(4)5;/h6-10H,1H2,2-5H3;. The molecule has 1 aromatic heterocycles. The molecule has 2 heteroatoms. The summed E-state index contributed by atoms with van der Waals surface area (Å²) in [7, 11) is 0. The molecule has 0 spiro atoms. The molecule has 0 aliphatic rings. The molecule has 86 valence electrons. The quantitative estimate of drug-likeness (QED) is 0.771. The predicted molar refractivity (Wildman–Crippen MR) is 67.7 cm³/mol. The molecule has 1 aromatic rings. The van der Waals surface area contributed by atoms with Crippen molar-refractivity contribution in [3.8, 4) is 0 Å². The van der Waals surface area contributed by atoms with Crippen LogP contribution in [0.2, 0.25) is 0 Å². The summed E-state index contributed by atoms with van der Waals surface area (Å²) in [6.07, 6.45) is 1.87. The zero-order chi connectivity index (χ0) is 12.3. The Balaban J connectivity index is 3.49. The van der Waals surface area contributed by atoms with Crippen LogP contribution in [-0.4, -0.2) is 9.38 Å². The second kappa shape index (κ2) is 5.68. The summed E-state index contributed by atoms with van der Waals surface area (Å²) >= 11 is 1.46. The third-order valence-corrected chi connectivity index (χ3v) is 3.51. The van der Waals surface area contributed by atoms with Gasteiger partial charge in [-0.2, -0.15) is 0 Å². The van der Waals surface area contributed by atoms with Crippen LogP contribution in [0.1, 0.15) is 62.0 Å². The zero-order valence-corrected chi connectivity index (χ0v) is 13.4. The molecule has 1 nitrogen and oxygen atoms in total. The molecule has 0 atom stereocenters. The first-order valence-corrected chi connectivity index (χ1v) is 7.33. The molecule has 0 unspecified atom stereocenters. The Hall–Kier alpha value is -0.552. The monoisotopic (exact) mass is 385 g/mol. The van der Waals surface area contributed by atoms with Gasteiger partial charge in [0.25, 0.3) is 0 Å². The van der Waals surface area contributed by atoms with Crippen LogP contribution in [0.5, 0.6) is 0 Å². The summed E-state index contributed by atoms with van der Waals surface area (Å²) in [5, 5.41) is 0. The van der Waals surface area contributed by atoms with E-state index < -0.39 is 0 Å². The van der Waals surface area contributed by atoms with Crippen molar-refractivity contribution in [3.63, 3.8) is 0 Å². The second-order valence-corrected chi connectivity index (χ2v) is 5.41. The molecular weight excluding hydrogens is 366 g/mol. The van der Waals surface area contributed by atoms with E-state index in [0.717, 1.165) is 5.69 Å². The third-order valence-electron chi connectivity index (χ3n) is 2.66. The van der Waals surface area contributed by atoms with Gasteiger partial charge in [0.1, 0.15) is 0 Å². The first-order valence-electron chi connectivity index (χ1n) is 5.63. The van der Waals surface area contributed by atoms with Gasteiger partial charge in [0, 0.05) is 0 Å². The number of aromatic nitrogens is 1. The van der Waals surface area contributed by atoms with Crippen molar-refractivity contribution in [1.29, 1.82) is 0 Å². The maximum absolute atomic E-state index is 4.67. The molecule has 0 saturated heterocycles. The Morgan fingerprint density at radius 2 is 1.88 bits per heavy atom. The minimum atomic E-state index is 0.467. The van der Waals surface area contributed by atoms with E-state index in [1.54, 1.807) is 0 Å². The normalized spacial score (nSPS) is 10.9. The Kier molecular flexibility index (Phi) is 4.80. The van der Waals surface area contributed by atoms with Crippen LogP contribution in [0.4, 0.5) is 0 Å². The zero-order valence-electron chi connectivity index (χ0n) is 10.4. The summed E-state index contributed by atoms with van der Waals surface area (Å²) in [5.41, 5.74) is 4.86. The number of rotatable bonds is 4. The molecule has 1 heterocycles. The summed E-state index contributed by atoms with van der Waals surface area (Å²) in [5.74, 6) is 0.999. The number of hydrogen-bond acceptors (Lipinski definition) is 1. The van der Waals surface area contributed by atoms with E-state index >= 15 is 0 Å². The van der Waals surface area contributed by atoms with Crippen LogP contribution >= 0.6 is 0 Å². The Bertz CT molecular complexity index is 405. The van der Waals surface area contributed by atoms with Gasteiger partial charge in [-0.25, -0.2) is 0 Å². The number of nitrogens with zero attached hydrogens (tertiary/aromatic N) is 1. The molecule has 0 N–H and O–H groups in total. The molecular formula is C14H19NW. The van der Waals surface area contributed by atoms with Crippen LogP contribution in [0.3, 0.4) is 0 Å². The molecule has 0 amide bonds. The van der Waals surface area contributed by atoms with Gasteiger partial charge in [0.15, 0.2) is 0 Å². The van der Waals surface area contributed by atoms with E-state index in [0.29, 0.717) is 11.8 Å². The summed E-state index contributed by atoms with van der Waals surface area (Å²) in [6, 6.07) is 2.25. The first kappa shape index (κ1) is 13.5. The van der Waals surface area contributed by atoms with Crippen LogP contribution in [0.15, 0.2) is 12.6 Å². The Labute approximate surface area is 109 Å². The average molecular weight is 385 g/mol. The summed E-state index contributed by atoms with van der Waals surface area (Å²) in [6.45, 7) is 12.7. The van der Waals surface area contributed by atoms with Crippen LogP contribution in [-0.2, 0) is 19.4 Å². The summed E-state index contributed by atoms with van der Waals surface area (Å²) in [4.78, 5) is 4.67. The van der Waals surface area contributed by atoms with Gasteiger partial charge < -0.3 is 0 Å². The van der Waals surface area contributed by atoms with Gasteiger partial charge in [0.05, 0.1) is 0 Å². The predicted octanol–water partition coefficient (Wildman–Crippen LogP) is 3.67. The van der Waals surface area contributed by atoms with E-state index in [1.165, 1.54) is 36.2 Å². The van der Waals surface area contributed by atoms with Crippen molar-refractivity contribution in [3.05, 3.63) is 35.2 Å². The van der Waals surface area contributed by atoms with Crippen molar-refractivity contribution in [2.75, 3.05) is 0 Å². The van der Waals surface area contributed by atoms with Gasteiger partial charge in [-0.05, 0) is 0 Å². The second-order valence-electron chi connectivity index (χ2n) is 4.57. The van der Waals surface area contributed by atoms with Gasteiger partial charge in [-0.1, -0.05) is 0 Å². The summed E-state index contributed by atoms with van der Waals surface area (Å²) < 4.78 is 2.21. The fraction of sp³-hybridized carbons (Fsp3) is 0.429. The molecule has 0 aliphatic heterocycles. The van der Waals surface area contributed by atoms with Crippen LogP contribution in [0, 0.1) is 0 Å². The van der Waals surface area contributed by atoms with E-state index in [2.05, 4.69) is 49.7 Å². The van der Waals surface area contributed by atoms with Crippen molar-refractivity contribution < 1.29 is 19.4 Å². The van der Waals surface area contributed by atoms with Crippen molar-refractivity contribution in [2.24, 2.45) is 0 Å². The fourth-order valence-electron chi connectivity index (χ4n) is 1.67. The molecule has 1 rings (SSSR count). The van der Waals surface area contributed by atoms with Crippen LogP contribution < -0.4 is 0 Å². The van der Waals surface area contributed by atoms with Gasteiger partial charge in [-0.3, -0.25) is 0 Å². The molecule has 0 saturated carbocycles. The fourth-order valence-corrected chi connectivity index (χ4v) is 2.60.